The molecule has 2 aromatic heterocycles. The van der Waals surface area contributed by atoms with Gasteiger partial charge in [-0.25, -0.2) is 4.98 Å². The monoisotopic (exact) mass is 395 g/mol. The molecule has 0 radical (unpaired) electrons. The van der Waals surface area contributed by atoms with E-state index >= 15 is 0 Å². The number of rotatable bonds is 4. The van der Waals surface area contributed by atoms with Gasteiger partial charge in [-0.2, -0.15) is 0 Å². The van der Waals surface area contributed by atoms with Crippen molar-refractivity contribution >= 4 is 22.6 Å². The highest BCUT2D eigenvalue weighted by atomic mass is 35.5. The van der Waals surface area contributed by atoms with E-state index in [2.05, 4.69) is 27.7 Å². The number of nitrogens with zero attached hydrogens (tertiary/aromatic N) is 3. The van der Waals surface area contributed by atoms with E-state index in [4.69, 9.17) is 21.3 Å². The molecular formula is C23H26ClN3O. The summed E-state index contributed by atoms with van der Waals surface area (Å²) in [5.74, 6) is 0.904. The van der Waals surface area contributed by atoms with E-state index in [-0.39, 0.29) is 0 Å². The molecule has 4 heterocycles. The lowest BCUT2D eigenvalue weighted by Gasteiger charge is -2.39. The molecule has 2 aliphatic heterocycles. The van der Waals surface area contributed by atoms with Gasteiger partial charge in [-0.1, -0.05) is 30.2 Å². The first kappa shape index (κ1) is 18.0. The Morgan fingerprint density at radius 1 is 1.18 bits per heavy atom. The van der Waals surface area contributed by atoms with Crippen LogP contribution >= 0.6 is 11.6 Å². The molecule has 146 valence electrons. The SMILES string of the molecule is COc1ccc(CCn2c3c(c4cc(Cl)cnc42)C2CCCCN2CC3)cc1. The normalized spacial score (nSPS) is 19.4. The van der Waals surface area contributed by atoms with Crippen molar-refractivity contribution in [1.82, 2.24) is 14.5 Å². The molecule has 0 N–H and O–H groups in total. The van der Waals surface area contributed by atoms with E-state index in [1.54, 1.807) is 13.3 Å². The van der Waals surface area contributed by atoms with Gasteiger partial charge in [0.05, 0.1) is 12.1 Å². The number of hydrogen-bond donors (Lipinski definition) is 0. The molecule has 0 spiro atoms. The number of benzene rings is 1. The van der Waals surface area contributed by atoms with Gasteiger partial charge >= 0.3 is 0 Å². The van der Waals surface area contributed by atoms with Crippen molar-refractivity contribution in [2.75, 3.05) is 20.2 Å². The lowest BCUT2D eigenvalue weighted by Crippen LogP contribution is -2.39. The Labute approximate surface area is 171 Å². The predicted molar refractivity (Wildman–Crippen MR) is 113 cm³/mol. The molecule has 5 rings (SSSR count). The Kier molecular flexibility index (Phi) is 4.77. The zero-order valence-corrected chi connectivity index (χ0v) is 17.1. The third-order valence-corrected chi connectivity index (χ3v) is 6.59. The average Bonchev–Trinajstić information content (AvgIpc) is 3.05. The molecule has 28 heavy (non-hydrogen) atoms. The van der Waals surface area contributed by atoms with Gasteiger partial charge in [0, 0.05) is 42.8 Å². The van der Waals surface area contributed by atoms with Crippen LogP contribution in [-0.2, 0) is 19.4 Å². The summed E-state index contributed by atoms with van der Waals surface area (Å²) in [6, 6.07) is 11.0. The van der Waals surface area contributed by atoms with Gasteiger partial charge < -0.3 is 9.30 Å². The quantitative estimate of drug-likeness (QED) is 0.621. The van der Waals surface area contributed by atoms with Crippen LogP contribution in [0.15, 0.2) is 36.5 Å². The summed E-state index contributed by atoms with van der Waals surface area (Å²) in [5.41, 5.74) is 5.38. The first-order chi connectivity index (χ1) is 13.7. The molecule has 1 fully saturated rings. The van der Waals surface area contributed by atoms with Crippen LogP contribution < -0.4 is 4.74 Å². The van der Waals surface area contributed by atoms with E-state index in [0.29, 0.717) is 6.04 Å². The second-order valence-electron chi connectivity index (χ2n) is 7.93. The van der Waals surface area contributed by atoms with Gasteiger partial charge in [-0.05, 0) is 55.1 Å². The third-order valence-electron chi connectivity index (χ3n) is 6.38. The number of ether oxygens (including phenoxy) is 1. The van der Waals surface area contributed by atoms with Crippen LogP contribution in [0.4, 0.5) is 0 Å². The molecule has 5 heteroatoms. The van der Waals surface area contributed by atoms with Crippen molar-refractivity contribution < 1.29 is 4.74 Å². The lowest BCUT2D eigenvalue weighted by atomic mass is 9.89. The number of fused-ring (bicyclic) bond motifs is 5. The maximum atomic E-state index is 6.35. The van der Waals surface area contributed by atoms with Gasteiger partial charge in [0.1, 0.15) is 11.4 Å². The number of hydrogen-bond acceptors (Lipinski definition) is 3. The van der Waals surface area contributed by atoms with Crippen molar-refractivity contribution in [1.29, 1.82) is 0 Å². The fraction of sp³-hybridized carbons (Fsp3) is 0.435. The minimum atomic E-state index is 0.530. The molecule has 0 bridgehead atoms. The number of aryl methyl sites for hydroxylation is 2. The Balaban J connectivity index is 1.53. The fourth-order valence-corrected chi connectivity index (χ4v) is 5.18. The van der Waals surface area contributed by atoms with Crippen molar-refractivity contribution in [3.63, 3.8) is 0 Å². The number of halogens is 1. The average molecular weight is 396 g/mol. The largest absolute Gasteiger partial charge is 0.497 e. The molecule has 1 saturated heterocycles. The summed E-state index contributed by atoms with van der Waals surface area (Å²) in [7, 11) is 1.71. The highest BCUT2D eigenvalue weighted by molar-refractivity contribution is 6.31. The maximum absolute atomic E-state index is 6.35. The van der Waals surface area contributed by atoms with Gasteiger partial charge in [0.2, 0.25) is 0 Å². The van der Waals surface area contributed by atoms with Crippen LogP contribution in [0.3, 0.4) is 0 Å². The van der Waals surface area contributed by atoms with Crippen molar-refractivity contribution in [2.24, 2.45) is 0 Å². The van der Waals surface area contributed by atoms with Crippen LogP contribution in [0.25, 0.3) is 11.0 Å². The van der Waals surface area contributed by atoms with E-state index < -0.39 is 0 Å². The number of pyridine rings is 1. The second kappa shape index (κ2) is 7.41. The minimum Gasteiger partial charge on any atom is -0.497 e. The maximum Gasteiger partial charge on any atom is 0.140 e. The van der Waals surface area contributed by atoms with Crippen LogP contribution in [0.5, 0.6) is 5.75 Å². The molecule has 1 atom stereocenters. The molecule has 0 aliphatic carbocycles. The molecule has 0 amide bonds. The van der Waals surface area contributed by atoms with Gasteiger partial charge in [-0.15, -0.1) is 0 Å². The number of piperidine rings is 1. The Bertz CT molecular complexity index is 995. The molecule has 2 aliphatic rings. The fourth-order valence-electron chi connectivity index (χ4n) is 5.02. The van der Waals surface area contributed by atoms with Crippen LogP contribution in [0.2, 0.25) is 5.02 Å². The second-order valence-corrected chi connectivity index (χ2v) is 8.37. The Morgan fingerprint density at radius 2 is 2.04 bits per heavy atom. The van der Waals surface area contributed by atoms with Gasteiger partial charge in [-0.3, -0.25) is 4.90 Å². The Hall–Kier alpha value is -2.04. The number of aromatic nitrogens is 2. The summed E-state index contributed by atoms with van der Waals surface area (Å²) in [6.07, 6.45) is 7.75. The summed E-state index contributed by atoms with van der Waals surface area (Å²) < 4.78 is 7.74. The summed E-state index contributed by atoms with van der Waals surface area (Å²) in [4.78, 5) is 7.42. The van der Waals surface area contributed by atoms with E-state index in [9.17, 15) is 0 Å². The number of methoxy groups -OCH3 is 1. The van der Waals surface area contributed by atoms with Crippen molar-refractivity contribution in [3.8, 4) is 5.75 Å². The lowest BCUT2D eigenvalue weighted by molar-refractivity contribution is 0.138. The summed E-state index contributed by atoms with van der Waals surface area (Å²) in [6.45, 7) is 3.32. The predicted octanol–water partition coefficient (Wildman–Crippen LogP) is 5.02. The smallest absolute Gasteiger partial charge is 0.140 e. The van der Waals surface area contributed by atoms with Gasteiger partial charge in [0.25, 0.3) is 0 Å². The first-order valence-corrected chi connectivity index (χ1v) is 10.7. The van der Waals surface area contributed by atoms with Crippen molar-refractivity contribution in [2.45, 2.75) is 44.7 Å². The summed E-state index contributed by atoms with van der Waals surface area (Å²) in [5, 5.41) is 1.99. The third kappa shape index (κ3) is 3.09. The molecular weight excluding hydrogens is 370 g/mol. The minimum absolute atomic E-state index is 0.530. The Morgan fingerprint density at radius 3 is 2.86 bits per heavy atom. The van der Waals surface area contributed by atoms with Crippen LogP contribution in [-0.4, -0.2) is 34.7 Å². The zero-order valence-electron chi connectivity index (χ0n) is 16.3. The van der Waals surface area contributed by atoms with Gasteiger partial charge in [0.15, 0.2) is 0 Å². The summed E-state index contributed by atoms with van der Waals surface area (Å²) >= 11 is 6.35. The highest BCUT2D eigenvalue weighted by Gasteiger charge is 2.34. The van der Waals surface area contributed by atoms with Crippen molar-refractivity contribution in [3.05, 3.63) is 58.4 Å². The van der Waals surface area contributed by atoms with Crippen LogP contribution in [0.1, 0.15) is 42.1 Å². The molecule has 4 nitrogen and oxygen atoms in total. The topological polar surface area (TPSA) is 30.3 Å². The standard InChI is InChI=1S/C23H26ClN3O/c1-28-18-7-5-16(6-8-18)9-13-27-21-10-12-26-11-3-2-4-20(26)22(21)19-14-17(24)15-25-23(19)27/h5-8,14-15,20H,2-4,9-13H2,1H3. The molecule has 1 unspecified atom stereocenters. The molecule has 3 aromatic rings. The van der Waals surface area contributed by atoms with E-state index in [0.717, 1.165) is 42.4 Å². The van der Waals surface area contributed by atoms with E-state index in [1.165, 1.54) is 48.0 Å². The first-order valence-electron chi connectivity index (χ1n) is 10.3. The highest BCUT2D eigenvalue weighted by Crippen LogP contribution is 2.42. The molecule has 1 aromatic carbocycles. The zero-order chi connectivity index (χ0) is 19.1. The van der Waals surface area contributed by atoms with Crippen LogP contribution in [0, 0.1) is 0 Å². The van der Waals surface area contributed by atoms with E-state index in [1.807, 2.05) is 12.1 Å². The molecule has 0 saturated carbocycles.